The van der Waals surface area contributed by atoms with Gasteiger partial charge in [-0.3, -0.25) is 4.79 Å². The molecule has 0 bridgehead atoms. The van der Waals surface area contributed by atoms with Gasteiger partial charge in [0, 0.05) is 12.3 Å². The fourth-order valence-corrected chi connectivity index (χ4v) is 1.66. The Hall–Kier alpha value is -2.10. The van der Waals surface area contributed by atoms with Crippen molar-refractivity contribution in [2.24, 2.45) is 0 Å². The summed E-state index contributed by atoms with van der Waals surface area (Å²) in [7, 11) is 0. The van der Waals surface area contributed by atoms with Crippen molar-refractivity contribution in [1.82, 2.24) is 0 Å². The standard InChI is InChI=1S/C12H10O4/c1-6-3-4-8-9(5-6)16-11(7(2)13)10(8)12(14)15/h3-5H,1-2H3,(H,14,15). The van der Waals surface area contributed by atoms with Crippen LogP contribution in [0.1, 0.15) is 33.4 Å². The molecule has 0 amide bonds. The van der Waals surface area contributed by atoms with Crippen LogP contribution in [0.4, 0.5) is 0 Å². The largest absolute Gasteiger partial charge is 0.478 e. The van der Waals surface area contributed by atoms with E-state index in [9.17, 15) is 9.59 Å². The number of carbonyl (C=O) groups is 2. The van der Waals surface area contributed by atoms with E-state index in [1.54, 1.807) is 18.2 Å². The van der Waals surface area contributed by atoms with E-state index in [0.717, 1.165) is 5.56 Å². The number of hydrogen-bond donors (Lipinski definition) is 1. The Kier molecular flexibility index (Phi) is 2.27. The number of ketones is 1. The van der Waals surface area contributed by atoms with Gasteiger partial charge < -0.3 is 9.52 Å². The lowest BCUT2D eigenvalue weighted by Gasteiger charge is -1.93. The van der Waals surface area contributed by atoms with Crippen LogP contribution in [-0.2, 0) is 0 Å². The maximum Gasteiger partial charge on any atom is 0.340 e. The fraction of sp³-hybridized carbons (Fsp3) is 0.167. The maximum atomic E-state index is 11.3. The van der Waals surface area contributed by atoms with Gasteiger partial charge in [0.15, 0.2) is 11.5 Å². The van der Waals surface area contributed by atoms with Gasteiger partial charge in [-0.15, -0.1) is 0 Å². The lowest BCUT2D eigenvalue weighted by Crippen LogP contribution is -2.02. The number of aromatic carboxylic acids is 1. The van der Waals surface area contributed by atoms with Crippen molar-refractivity contribution in [3.05, 3.63) is 35.1 Å². The number of fused-ring (bicyclic) bond motifs is 1. The lowest BCUT2D eigenvalue weighted by molar-refractivity contribution is 0.0692. The third kappa shape index (κ3) is 1.48. The average Bonchev–Trinajstić information content (AvgIpc) is 2.55. The van der Waals surface area contributed by atoms with Crippen LogP contribution < -0.4 is 0 Å². The molecule has 0 atom stereocenters. The summed E-state index contributed by atoms with van der Waals surface area (Å²) in [4.78, 5) is 22.3. The summed E-state index contributed by atoms with van der Waals surface area (Å²) in [6, 6.07) is 5.16. The second-order valence-electron chi connectivity index (χ2n) is 3.67. The Labute approximate surface area is 91.5 Å². The molecule has 82 valence electrons. The van der Waals surface area contributed by atoms with Crippen LogP contribution in [0.5, 0.6) is 0 Å². The summed E-state index contributed by atoms with van der Waals surface area (Å²) in [5.74, 6) is -1.62. The number of hydrogen-bond acceptors (Lipinski definition) is 3. The van der Waals surface area contributed by atoms with Crippen molar-refractivity contribution in [2.45, 2.75) is 13.8 Å². The van der Waals surface area contributed by atoms with Crippen molar-refractivity contribution in [3.8, 4) is 0 Å². The molecule has 1 N–H and O–H groups in total. The van der Waals surface area contributed by atoms with Gasteiger partial charge in [0.05, 0.1) is 0 Å². The number of carboxylic acid groups (broad SMARTS) is 1. The minimum atomic E-state index is -1.15. The van der Waals surface area contributed by atoms with Crippen molar-refractivity contribution in [1.29, 1.82) is 0 Å². The summed E-state index contributed by atoms with van der Waals surface area (Å²) in [5.41, 5.74) is 1.33. The normalized spacial score (nSPS) is 10.6. The van der Waals surface area contributed by atoms with E-state index in [0.29, 0.717) is 11.0 Å². The second kappa shape index (κ2) is 3.48. The molecule has 0 unspecified atom stereocenters. The van der Waals surface area contributed by atoms with E-state index < -0.39 is 5.97 Å². The summed E-state index contributed by atoms with van der Waals surface area (Å²) in [6.07, 6.45) is 0. The zero-order valence-corrected chi connectivity index (χ0v) is 8.90. The molecule has 0 aliphatic heterocycles. The number of Topliss-reactive ketones (excluding diaryl/α,β-unsaturated/α-hetero) is 1. The van der Waals surface area contributed by atoms with Gasteiger partial charge in [0.1, 0.15) is 11.1 Å². The molecule has 16 heavy (non-hydrogen) atoms. The van der Waals surface area contributed by atoms with Crippen molar-refractivity contribution < 1.29 is 19.1 Å². The molecule has 0 spiro atoms. The van der Waals surface area contributed by atoms with Crippen molar-refractivity contribution >= 4 is 22.7 Å². The molecule has 0 aliphatic rings. The Morgan fingerprint density at radius 1 is 1.31 bits per heavy atom. The van der Waals surface area contributed by atoms with Gasteiger partial charge in [-0.2, -0.15) is 0 Å². The molecule has 0 aliphatic carbocycles. The monoisotopic (exact) mass is 218 g/mol. The summed E-state index contributed by atoms with van der Waals surface area (Å²) >= 11 is 0. The van der Waals surface area contributed by atoms with Crippen molar-refractivity contribution in [2.75, 3.05) is 0 Å². The number of benzene rings is 1. The number of carboxylic acids is 1. The Balaban J connectivity index is 2.86. The van der Waals surface area contributed by atoms with E-state index in [4.69, 9.17) is 9.52 Å². The zero-order valence-electron chi connectivity index (χ0n) is 8.90. The molecule has 0 fully saturated rings. The highest BCUT2D eigenvalue weighted by Gasteiger charge is 2.22. The Morgan fingerprint density at radius 2 is 2.00 bits per heavy atom. The second-order valence-corrected chi connectivity index (χ2v) is 3.67. The minimum Gasteiger partial charge on any atom is -0.478 e. The SMILES string of the molecule is CC(=O)c1oc2cc(C)ccc2c1C(=O)O. The van der Waals surface area contributed by atoms with Crippen LogP contribution in [-0.4, -0.2) is 16.9 Å². The molecular formula is C12H10O4. The number of rotatable bonds is 2. The van der Waals surface area contributed by atoms with Gasteiger partial charge >= 0.3 is 5.97 Å². The summed E-state index contributed by atoms with van der Waals surface area (Å²) < 4.78 is 5.27. The van der Waals surface area contributed by atoms with E-state index in [-0.39, 0.29) is 17.1 Å². The quantitative estimate of drug-likeness (QED) is 0.787. The van der Waals surface area contributed by atoms with Crippen molar-refractivity contribution in [3.63, 3.8) is 0 Å². The summed E-state index contributed by atoms with van der Waals surface area (Å²) in [6.45, 7) is 3.16. The van der Waals surface area contributed by atoms with Gasteiger partial charge in [-0.05, 0) is 24.6 Å². The van der Waals surface area contributed by atoms with Gasteiger partial charge in [-0.25, -0.2) is 4.79 Å². The molecule has 4 heteroatoms. The molecule has 0 radical (unpaired) electrons. The van der Waals surface area contributed by atoms with Crippen LogP contribution in [0.25, 0.3) is 11.0 Å². The number of aryl methyl sites for hydroxylation is 1. The van der Waals surface area contributed by atoms with Crippen LogP contribution in [0.3, 0.4) is 0 Å². The van der Waals surface area contributed by atoms with E-state index in [1.165, 1.54) is 6.92 Å². The van der Waals surface area contributed by atoms with Crippen LogP contribution in [0, 0.1) is 6.92 Å². The smallest absolute Gasteiger partial charge is 0.340 e. The van der Waals surface area contributed by atoms with Gasteiger partial charge in [0.25, 0.3) is 0 Å². The first-order valence-electron chi connectivity index (χ1n) is 4.78. The lowest BCUT2D eigenvalue weighted by atomic mass is 10.1. The molecular weight excluding hydrogens is 208 g/mol. The van der Waals surface area contributed by atoms with E-state index >= 15 is 0 Å². The van der Waals surface area contributed by atoms with Gasteiger partial charge in [-0.1, -0.05) is 6.07 Å². The topological polar surface area (TPSA) is 67.5 Å². The Bertz CT molecular complexity index is 592. The first-order valence-corrected chi connectivity index (χ1v) is 4.78. The number of carbonyl (C=O) groups excluding carboxylic acids is 1. The van der Waals surface area contributed by atoms with Crippen LogP contribution in [0.2, 0.25) is 0 Å². The van der Waals surface area contributed by atoms with Crippen LogP contribution >= 0.6 is 0 Å². The highest BCUT2D eigenvalue weighted by Crippen LogP contribution is 2.27. The molecule has 1 heterocycles. The molecule has 2 rings (SSSR count). The predicted octanol–water partition coefficient (Wildman–Crippen LogP) is 2.64. The minimum absolute atomic E-state index is 0.0532. The first-order chi connectivity index (χ1) is 7.50. The van der Waals surface area contributed by atoms with Crippen LogP contribution in [0.15, 0.2) is 22.6 Å². The fourth-order valence-electron chi connectivity index (χ4n) is 1.66. The molecule has 2 aromatic rings. The maximum absolute atomic E-state index is 11.3. The molecule has 4 nitrogen and oxygen atoms in total. The van der Waals surface area contributed by atoms with E-state index in [1.807, 2.05) is 6.92 Å². The zero-order chi connectivity index (χ0) is 11.9. The third-order valence-electron chi connectivity index (χ3n) is 2.38. The first kappa shape index (κ1) is 10.4. The van der Waals surface area contributed by atoms with Gasteiger partial charge in [0.2, 0.25) is 0 Å². The highest BCUT2D eigenvalue weighted by molar-refractivity contribution is 6.11. The van der Waals surface area contributed by atoms with E-state index in [2.05, 4.69) is 0 Å². The molecule has 0 saturated carbocycles. The third-order valence-corrected chi connectivity index (χ3v) is 2.38. The highest BCUT2D eigenvalue weighted by atomic mass is 16.4. The summed E-state index contributed by atoms with van der Waals surface area (Å²) in [5, 5.41) is 9.52. The predicted molar refractivity (Wildman–Crippen MR) is 57.9 cm³/mol. The molecule has 1 aromatic heterocycles. The number of furan rings is 1. The average molecular weight is 218 g/mol. The Morgan fingerprint density at radius 3 is 2.56 bits per heavy atom. The molecule has 0 saturated heterocycles. The molecule has 1 aromatic carbocycles.